The van der Waals surface area contributed by atoms with E-state index in [2.05, 4.69) is 16.9 Å². The molecule has 2 atom stereocenters. The molecule has 0 aromatic carbocycles. The zero-order chi connectivity index (χ0) is 14.8. The maximum atomic E-state index is 9.46. The largest absolute Gasteiger partial charge is 0.388 e. The molecule has 1 aromatic heterocycles. The van der Waals surface area contributed by atoms with Gasteiger partial charge in [-0.2, -0.15) is 5.10 Å². The molecule has 118 valence electrons. The van der Waals surface area contributed by atoms with Crippen molar-refractivity contribution < 1.29 is 5.11 Å². The van der Waals surface area contributed by atoms with Crippen LogP contribution in [0.4, 0.5) is 0 Å². The Morgan fingerprint density at radius 1 is 1.24 bits per heavy atom. The molecule has 0 amide bonds. The van der Waals surface area contributed by atoms with E-state index in [-0.39, 0.29) is 6.61 Å². The second kappa shape index (κ2) is 6.58. The van der Waals surface area contributed by atoms with Gasteiger partial charge in [0.2, 0.25) is 0 Å². The summed E-state index contributed by atoms with van der Waals surface area (Å²) in [6.45, 7) is 6.05. The van der Waals surface area contributed by atoms with Crippen LogP contribution in [-0.4, -0.2) is 37.4 Å². The standard InChI is InChI=1S/C15H26N4OS/c1-2-7-18-14(10-20)16-19(15(18)21)11-17-8-12-5-3-4-6-13(12)9-17/h12-13,20H,2-11H2,1H3. The van der Waals surface area contributed by atoms with Gasteiger partial charge < -0.3 is 9.67 Å². The van der Waals surface area contributed by atoms with Gasteiger partial charge in [-0.15, -0.1) is 0 Å². The first kappa shape index (κ1) is 15.2. The first-order chi connectivity index (χ1) is 10.2. The molecule has 1 aromatic rings. The number of hydrogen-bond acceptors (Lipinski definition) is 4. The quantitative estimate of drug-likeness (QED) is 0.848. The molecule has 2 unspecified atom stereocenters. The fraction of sp³-hybridized carbons (Fsp3) is 0.867. The number of nitrogens with zero attached hydrogens (tertiary/aromatic N) is 4. The molecule has 21 heavy (non-hydrogen) atoms. The predicted octanol–water partition coefficient (Wildman–Crippen LogP) is 2.40. The van der Waals surface area contributed by atoms with Gasteiger partial charge in [0.15, 0.2) is 10.6 Å². The molecule has 0 bridgehead atoms. The molecule has 0 radical (unpaired) electrons. The number of aromatic nitrogens is 3. The average Bonchev–Trinajstić information content (AvgIpc) is 3.02. The van der Waals surface area contributed by atoms with Crippen molar-refractivity contribution in [2.75, 3.05) is 13.1 Å². The van der Waals surface area contributed by atoms with Gasteiger partial charge >= 0.3 is 0 Å². The van der Waals surface area contributed by atoms with Gasteiger partial charge in [-0.05, 0) is 43.3 Å². The van der Waals surface area contributed by atoms with Crippen molar-refractivity contribution in [1.29, 1.82) is 0 Å². The lowest BCUT2D eigenvalue weighted by Crippen LogP contribution is -2.25. The maximum Gasteiger partial charge on any atom is 0.199 e. The van der Waals surface area contributed by atoms with Gasteiger partial charge in [-0.25, -0.2) is 4.68 Å². The number of hydrogen-bond donors (Lipinski definition) is 1. The van der Waals surface area contributed by atoms with E-state index >= 15 is 0 Å². The molecule has 2 heterocycles. The SMILES string of the molecule is CCCn1c(CO)nn(CN2CC3CCCCC3C2)c1=S. The van der Waals surface area contributed by atoms with Crippen molar-refractivity contribution in [2.45, 2.75) is 58.8 Å². The second-order valence-corrected chi connectivity index (χ2v) is 6.86. The normalized spacial score (nSPS) is 26.2. The average molecular weight is 310 g/mol. The minimum Gasteiger partial charge on any atom is -0.388 e. The molecule has 3 rings (SSSR count). The van der Waals surface area contributed by atoms with Crippen LogP contribution in [0.1, 0.15) is 44.9 Å². The van der Waals surface area contributed by atoms with Crippen LogP contribution in [0.2, 0.25) is 0 Å². The van der Waals surface area contributed by atoms with E-state index in [1.165, 1.54) is 38.8 Å². The fourth-order valence-corrected chi connectivity index (χ4v) is 4.25. The highest BCUT2D eigenvalue weighted by Gasteiger charge is 2.34. The van der Waals surface area contributed by atoms with Gasteiger partial charge in [-0.1, -0.05) is 19.8 Å². The first-order valence-corrected chi connectivity index (χ1v) is 8.63. The fourth-order valence-electron chi connectivity index (χ4n) is 3.95. The molecule has 1 saturated heterocycles. The molecule has 1 aliphatic heterocycles. The third kappa shape index (κ3) is 3.07. The number of fused-ring (bicyclic) bond motifs is 1. The lowest BCUT2D eigenvalue weighted by molar-refractivity contribution is 0.235. The van der Waals surface area contributed by atoms with Crippen LogP contribution in [0.3, 0.4) is 0 Å². The van der Waals surface area contributed by atoms with Crippen molar-refractivity contribution in [1.82, 2.24) is 19.2 Å². The van der Waals surface area contributed by atoms with Crippen molar-refractivity contribution >= 4 is 12.2 Å². The Hall–Kier alpha value is -0.720. The Kier molecular flexibility index (Phi) is 4.76. The minimum absolute atomic E-state index is 0.0398. The van der Waals surface area contributed by atoms with Gasteiger partial charge in [0.25, 0.3) is 0 Å². The molecule has 5 nitrogen and oxygen atoms in total. The van der Waals surface area contributed by atoms with E-state index in [1.54, 1.807) is 0 Å². The second-order valence-electron chi connectivity index (χ2n) is 6.49. The molecule has 2 aliphatic rings. The van der Waals surface area contributed by atoms with Gasteiger partial charge in [0, 0.05) is 19.6 Å². The van der Waals surface area contributed by atoms with Crippen LogP contribution in [0, 0.1) is 16.6 Å². The van der Waals surface area contributed by atoms with Crippen molar-refractivity contribution in [3.63, 3.8) is 0 Å². The summed E-state index contributed by atoms with van der Waals surface area (Å²) in [4.78, 5) is 2.49. The Labute approximate surface area is 131 Å². The third-order valence-electron chi connectivity index (χ3n) is 4.97. The molecule has 0 spiro atoms. The minimum atomic E-state index is -0.0398. The van der Waals surface area contributed by atoms with Crippen LogP contribution < -0.4 is 0 Å². The van der Waals surface area contributed by atoms with E-state index in [9.17, 15) is 5.11 Å². The number of rotatable bonds is 5. The summed E-state index contributed by atoms with van der Waals surface area (Å²) < 4.78 is 4.61. The smallest absolute Gasteiger partial charge is 0.199 e. The molecule has 1 saturated carbocycles. The van der Waals surface area contributed by atoms with Gasteiger partial charge in [-0.3, -0.25) is 4.90 Å². The van der Waals surface area contributed by atoms with Crippen molar-refractivity contribution in [3.8, 4) is 0 Å². The highest BCUT2D eigenvalue weighted by atomic mass is 32.1. The Morgan fingerprint density at radius 3 is 2.48 bits per heavy atom. The first-order valence-electron chi connectivity index (χ1n) is 8.22. The highest BCUT2D eigenvalue weighted by molar-refractivity contribution is 7.71. The van der Waals surface area contributed by atoms with Crippen LogP contribution in [0.25, 0.3) is 0 Å². The summed E-state index contributed by atoms with van der Waals surface area (Å²) in [6, 6.07) is 0. The molecule has 1 aliphatic carbocycles. The van der Waals surface area contributed by atoms with Crippen LogP contribution >= 0.6 is 12.2 Å². The van der Waals surface area contributed by atoms with Gasteiger partial charge in [0.1, 0.15) is 6.61 Å². The summed E-state index contributed by atoms with van der Waals surface area (Å²) in [7, 11) is 0. The summed E-state index contributed by atoms with van der Waals surface area (Å²) in [5, 5.41) is 14.0. The summed E-state index contributed by atoms with van der Waals surface area (Å²) >= 11 is 5.53. The highest BCUT2D eigenvalue weighted by Crippen LogP contribution is 2.36. The molecule has 6 heteroatoms. The number of aliphatic hydroxyl groups excluding tert-OH is 1. The lowest BCUT2D eigenvalue weighted by Gasteiger charge is -2.23. The van der Waals surface area contributed by atoms with E-state index in [0.717, 1.165) is 36.2 Å². The van der Waals surface area contributed by atoms with Crippen LogP contribution in [0.15, 0.2) is 0 Å². The maximum absolute atomic E-state index is 9.46. The van der Waals surface area contributed by atoms with E-state index in [1.807, 2.05) is 9.25 Å². The molecule has 2 fully saturated rings. The summed E-state index contributed by atoms with van der Waals surface area (Å²) in [5.74, 6) is 2.45. The van der Waals surface area contributed by atoms with Crippen LogP contribution in [-0.2, 0) is 19.8 Å². The molecular weight excluding hydrogens is 284 g/mol. The van der Waals surface area contributed by atoms with Crippen molar-refractivity contribution in [2.24, 2.45) is 11.8 Å². The monoisotopic (exact) mass is 310 g/mol. The Bertz CT molecular complexity index is 524. The predicted molar refractivity (Wildman–Crippen MR) is 84.3 cm³/mol. The topological polar surface area (TPSA) is 46.2 Å². The third-order valence-corrected chi connectivity index (χ3v) is 5.41. The van der Waals surface area contributed by atoms with Crippen molar-refractivity contribution in [3.05, 3.63) is 10.6 Å². The number of likely N-dealkylation sites (tertiary alicyclic amines) is 1. The van der Waals surface area contributed by atoms with E-state index < -0.39 is 0 Å². The van der Waals surface area contributed by atoms with Crippen LogP contribution in [0.5, 0.6) is 0 Å². The summed E-state index contributed by atoms with van der Waals surface area (Å²) in [5.41, 5.74) is 0. The van der Waals surface area contributed by atoms with E-state index in [0.29, 0.717) is 5.82 Å². The zero-order valence-corrected chi connectivity index (χ0v) is 13.7. The Balaban J connectivity index is 1.72. The zero-order valence-electron chi connectivity index (χ0n) is 12.9. The molecule has 1 N–H and O–H groups in total. The van der Waals surface area contributed by atoms with Gasteiger partial charge in [0.05, 0.1) is 6.67 Å². The number of aliphatic hydroxyl groups is 1. The molecular formula is C15H26N4OS. The Morgan fingerprint density at radius 2 is 1.90 bits per heavy atom. The van der Waals surface area contributed by atoms with E-state index in [4.69, 9.17) is 12.2 Å². The lowest BCUT2D eigenvalue weighted by atomic mass is 9.82. The summed E-state index contributed by atoms with van der Waals surface area (Å²) in [6.07, 6.45) is 6.57.